The van der Waals surface area contributed by atoms with E-state index in [0.29, 0.717) is 23.6 Å². The Morgan fingerprint density at radius 1 is 1.16 bits per heavy atom. The molecule has 8 nitrogen and oxygen atoms in total. The second-order valence-electron chi connectivity index (χ2n) is 10.7. The standard InChI is InChI=1S/C28H38N2O6S/c1-28(2,3)36-27(31)29(4)19-21-17-25(22-11-6-5-7-12-22)30(20-21)37(32,33)24-14-10-13-23(18-24)35-26-15-8-9-16-34-26/h10-11,13-14,17-18,20,26H,5-9,12,15-16,19H2,1-4H3. The number of allylic oxidation sites excluding steroid dienone is 2. The number of ether oxygens (including phenoxy) is 3. The average Bonchev–Trinajstić information content (AvgIpc) is 3.29. The van der Waals surface area contributed by atoms with Crippen LogP contribution in [0.5, 0.6) is 5.75 Å². The Morgan fingerprint density at radius 2 is 1.97 bits per heavy atom. The molecule has 1 aliphatic heterocycles. The first-order valence-electron chi connectivity index (χ1n) is 13.0. The molecule has 37 heavy (non-hydrogen) atoms. The number of amides is 1. The van der Waals surface area contributed by atoms with Crippen LogP contribution in [0, 0.1) is 0 Å². The normalized spacial score (nSPS) is 18.7. The van der Waals surface area contributed by atoms with Gasteiger partial charge in [0.2, 0.25) is 0 Å². The fourth-order valence-corrected chi connectivity index (χ4v) is 5.99. The number of hydrogen-bond donors (Lipinski definition) is 0. The van der Waals surface area contributed by atoms with E-state index in [2.05, 4.69) is 6.08 Å². The third-order valence-electron chi connectivity index (χ3n) is 6.36. The molecule has 1 aromatic heterocycles. The Labute approximate surface area is 220 Å². The van der Waals surface area contributed by atoms with Crippen molar-refractivity contribution in [3.05, 3.63) is 53.9 Å². The van der Waals surface area contributed by atoms with E-state index in [-0.39, 0.29) is 17.7 Å². The predicted octanol–water partition coefficient (Wildman–Crippen LogP) is 5.95. The van der Waals surface area contributed by atoms with Crippen molar-refractivity contribution in [2.75, 3.05) is 13.7 Å². The van der Waals surface area contributed by atoms with Crippen molar-refractivity contribution in [1.82, 2.24) is 8.87 Å². The summed E-state index contributed by atoms with van der Waals surface area (Å²) < 4.78 is 46.2. The molecule has 9 heteroatoms. The zero-order chi connectivity index (χ0) is 26.6. The van der Waals surface area contributed by atoms with E-state index >= 15 is 0 Å². The fourth-order valence-electron chi connectivity index (χ4n) is 4.54. The van der Waals surface area contributed by atoms with Gasteiger partial charge in [0.1, 0.15) is 11.4 Å². The molecule has 1 amide bonds. The molecule has 2 aromatic rings. The van der Waals surface area contributed by atoms with Gasteiger partial charge in [0.15, 0.2) is 6.29 Å². The first-order valence-corrected chi connectivity index (χ1v) is 14.5. The molecule has 1 atom stereocenters. The molecule has 1 aromatic carbocycles. The topological polar surface area (TPSA) is 87.1 Å². The van der Waals surface area contributed by atoms with Crippen LogP contribution in [0.2, 0.25) is 0 Å². The molecule has 0 spiro atoms. The van der Waals surface area contributed by atoms with Crippen LogP contribution in [0.3, 0.4) is 0 Å². The third-order valence-corrected chi connectivity index (χ3v) is 8.02. The highest BCUT2D eigenvalue weighted by Crippen LogP contribution is 2.32. The molecular weight excluding hydrogens is 492 g/mol. The molecule has 202 valence electrons. The number of benzene rings is 1. The van der Waals surface area contributed by atoms with Gasteiger partial charge in [0.25, 0.3) is 10.0 Å². The number of carbonyl (C=O) groups is 1. The lowest BCUT2D eigenvalue weighted by Gasteiger charge is -2.24. The molecule has 1 fully saturated rings. The smallest absolute Gasteiger partial charge is 0.410 e. The van der Waals surface area contributed by atoms with Crippen LogP contribution >= 0.6 is 0 Å². The zero-order valence-electron chi connectivity index (χ0n) is 22.2. The highest BCUT2D eigenvalue weighted by molar-refractivity contribution is 7.90. The van der Waals surface area contributed by atoms with Crippen LogP contribution in [0.25, 0.3) is 5.57 Å². The van der Waals surface area contributed by atoms with Gasteiger partial charge < -0.3 is 19.1 Å². The molecule has 4 rings (SSSR count). The summed E-state index contributed by atoms with van der Waals surface area (Å²) in [4.78, 5) is 14.1. The number of nitrogens with zero attached hydrogens (tertiary/aromatic N) is 2. The second-order valence-corrected chi connectivity index (χ2v) is 12.5. The maximum absolute atomic E-state index is 13.9. The molecular formula is C28H38N2O6S. The van der Waals surface area contributed by atoms with E-state index in [1.807, 2.05) is 26.8 Å². The van der Waals surface area contributed by atoms with Crippen molar-refractivity contribution in [3.8, 4) is 5.75 Å². The lowest BCUT2D eigenvalue weighted by atomic mass is 9.97. The van der Waals surface area contributed by atoms with Gasteiger partial charge in [-0.1, -0.05) is 12.1 Å². The summed E-state index contributed by atoms with van der Waals surface area (Å²) in [5.41, 5.74) is 1.73. The second kappa shape index (κ2) is 11.3. The molecule has 1 saturated heterocycles. The van der Waals surface area contributed by atoms with E-state index in [0.717, 1.165) is 50.5 Å². The van der Waals surface area contributed by atoms with Crippen molar-refractivity contribution in [3.63, 3.8) is 0 Å². The van der Waals surface area contributed by atoms with Crippen molar-refractivity contribution in [1.29, 1.82) is 0 Å². The van der Waals surface area contributed by atoms with Gasteiger partial charge in [-0.05, 0) is 88.6 Å². The van der Waals surface area contributed by atoms with Gasteiger partial charge in [0.05, 0.1) is 23.7 Å². The van der Waals surface area contributed by atoms with Crippen molar-refractivity contribution in [2.24, 2.45) is 0 Å². The van der Waals surface area contributed by atoms with E-state index < -0.39 is 21.7 Å². The van der Waals surface area contributed by atoms with E-state index in [9.17, 15) is 13.2 Å². The van der Waals surface area contributed by atoms with Gasteiger partial charge in [-0.25, -0.2) is 17.2 Å². The number of hydrogen-bond acceptors (Lipinski definition) is 6. The first-order chi connectivity index (χ1) is 17.5. The Kier molecular flexibility index (Phi) is 8.33. The van der Waals surface area contributed by atoms with Crippen molar-refractivity contribution in [2.45, 2.75) is 89.0 Å². The van der Waals surface area contributed by atoms with Crippen molar-refractivity contribution < 1.29 is 27.4 Å². The maximum atomic E-state index is 13.9. The lowest BCUT2D eigenvalue weighted by Crippen LogP contribution is -2.33. The molecule has 0 radical (unpaired) electrons. The Balaban J connectivity index is 1.64. The van der Waals surface area contributed by atoms with E-state index in [1.165, 1.54) is 8.87 Å². The first kappa shape index (κ1) is 27.3. The largest absolute Gasteiger partial charge is 0.465 e. The fraction of sp³-hybridized carbons (Fsp3) is 0.536. The van der Waals surface area contributed by atoms with Crippen LogP contribution < -0.4 is 4.74 Å². The van der Waals surface area contributed by atoms with Gasteiger partial charge in [-0.2, -0.15) is 0 Å². The Morgan fingerprint density at radius 3 is 2.65 bits per heavy atom. The van der Waals surface area contributed by atoms with Crippen LogP contribution in [0.4, 0.5) is 4.79 Å². The summed E-state index contributed by atoms with van der Waals surface area (Å²) in [6.45, 7) is 6.31. The summed E-state index contributed by atoms with van der Waals surface area (Å²) in [7, 11) is -2.28. The van der Waals surface area contributed by atoms with Gasteiger partial charge >= 0.3 is 6.09 Å². The van der Waals surface area contributed by atoms with Crippen LogP contribution in [-0.2, 0) is 26.0 Å². The Hall–Kier alpha value is -2.78. The number of aromatic nitrogens is 1. The third kappa shape index (κ3) is 6.96. The molecule has 2 aliphatic rings. The molecule has 1 aliphatic carbocycles. The lowest BCUT2D eigenvalue weighted by molar-refractivity contribution is -0.106. The van der Waals surface area contributed by atoms with E-state index in [1.54, 1.807) is 37.5 Å². The number of rotatable bonds is 7. The van der Waals surface area contributed by atoms with Gasteiger partial charge in [-0.3, -0.25) is 0 Å². The molecule has 0 bridgehead atoms. The molecule has 2 heterocycles. The van der Waals surface area contributed by atoms with Gasteiger partial charge in [0, 0.05) is 25.7 Å². The molecule has 1 unspecified atom stereocenters. The predicted molar refractivity (Wildman–Crippen MR) is 142 cm³/mol. The SMILES string of the molecule is CN(Cc1cc(C2=CCCCC2)n(S(=O)(=O)c2cccc(OC3CCCCO3)c2)c1)C(=O)OC(C)(C)C. The minimum Gasteiger partial charge on any atom is -0.465 e. The van der Waals surface area contributed by atoms with Crippen molar-refractivity contribution >= 4 is 21.7 Å². The quantitative estimate of drug-likeness (QED) is 0.439. The van der Waals surface area contributed by atoms with Crippen LogP contribution in [-0.4, -0.2) is 48.9 Å². The summed E-state index contributed by atoms with van der Waals surface area (Å²) >= 11 is 0. The highest BCUT2D eigenvalue weighted by Gasteiger charge is 2.26. The summed E-state index contributed by atoms with van der Waals surface area (Å²) in [6.07, 6.45) is 9.53. The minimum absolute atomic E-state index is 0.140. The monoisotopic (exact) mass is 530 g/mol. The molecule has 0 saturated carbocycles. The average molecular weight is 531 g/mol. The number of carbonyl (C=O) groups excluding carboxylic acids is 1. The zero-order valence-corrected chi connectivity index (χ0v) is 23.1. The Bertz CT molecular complexity index is 1240. The highest BCUT2D eigenvalue weighted by atomic mass is 32.2. The van der Waals surface area contributed by atoms with Crippen LogP contribution in [0.15, 0.2) is 47.5 Å². The molecule has 0 N–H and O–H groups in total. The van der Waals surface area contributed by atoms with Gasteiger partial charge in [-0.15, -0.1) is 0 Å². The minimum atomic E-state index is -3.93. The maximum Gasteiger partial charge on any atom is 0.410 e. The summed E-state index contributed by atoms with van der Waals surface area (Å²) in [5.74, 6) is 0.462. The van der Waals surface area contributed by atoms with E-state index in [4.69, 9.17) is 14.2 Å². The summed E-state index contributed by atoms with van der Waals surface area (Å²) in [6, 6.07) is 8.43. The summed E-state index contributed by atoms with van der Waals surface area (Å²) in [5, 5.41) is 0. The van der Waals surface area contributed by atoms with Crippen LogP contribution in [0.1, 0.15) is 77.0 Å².